The van der Waals surface area contributed by atoms with E-state index >= 15 is 0 Å². The first kappa shape index (κ1) is 18.0. The highest BCUT2D eigenvalue weighted by molar-refractivity contribution is 5.89. The third-order valence-electron chi connectivity index (χ3n) is 8.38. The molecule has 3 aliphatic heterocycles. The van der Waals surface area contributed by atoms with Crippen LogP contribution in [0.2, 0.25) is 0 Å². The summed E-state index contributed by atoms with van der Waals surface area (Å²) in [5.74, 6) is 1.86. The molecule has 2 N–H and O–H groups in total. The van der Waals surface area contributed by atoms with Crippen LogP contribution in [0.25, 0.3) is 0 Å². The third-order valence-corrected chi connectivity index (χ3v) is 8.38. The van der Waals surface area contributed by atoms with E-state index in [4.69, 9.17) is 4.99 Å². The summed E-state index contributed by atoms with van der Waals surface area (Å²) in [6.07, 6.45) is 12.0. The van der Waals surface area contributed by atoms with E-state index in [1.165, 1.54) is 57.1 Å². The molecule has 25 heavy (non-hydrogen) atoms. The van der Waals surface area contributed by atoms with Gasteiger partial charge >= 0.3 is 0 Å². The van der Waals surface area contributed by atoms with Crippen LogP contribution in [0.5, 0.6) is 0 Å². The molecule has 2 saturated heterocycles. The summed E-state index contributed by atoms with van der Waals surface area (Å²) in [4.78, 5) is 5.21. The van der Waals surface area contributed by atoms with Crippen molar-refractivity contribution in [1.82, 2.24) is 10.6 Å². The Morgan fingerprint density at radius 3 is 1.80 bits per heavy atom. The van der Waals surface area contributed by atoms with E-state index in [2.05, 4.69) is 38.3 Å². The van der Waals surface area contributed by atoms with Crippen molar-refractivity contribution in [3.05, 3.63) is 0 Å². The van der Waals surface area contributed by atoms with Crippen molar-refractivity contribution in [2.75, 3.05) is 0 Å². The molecular formula is C22H39N3. The molecule has 0 aromatic heterocycles. The predicted molar refractivity (Wildman–Crippen MR) is 106 cm³/mol. The monoisotopic (exact) mass is 345 g/mol. The maximum absolute atomic E-state index is 5.21. The average Bonchev–Trinajstić information content (AvgIpc) is 2.42. The summed E-state index contributed by atoms with van der Waals surface area (Å²) in [5.41, 5.74) is 1.86. The van der Waals surface area contributed by atoms with E-state index < -0.39 is 0 Å². The first-order valence-electron chi connectivity index (χ1n) is 11.2. The van der Waals surface area contributed by atoms with Gasteiger partial charge in [0.2, 0.25) is 0 Å². The van der Waals surface area contributed by atoms with Crippen LogP contribution >= 0.6 is 0 Å². The Balaban J connectivity index is 1.59. The molecule has 0 bridgehead atoms. The van der Waals surface area contributed by atoms with E-state index in [-0.39, 0.29) is 0 Å². The molecule has 1 aliphatic carbocycles. The van der Waals surface area contributed by atoms with Crippen molar-refractivity contribution in [2.45, 2.75) is 116 Å². The largest absolute Gasteiger partial charge is 0.310 e. The lowest BCUT2D eigenvalue weighted by atomic mass is 9.47. The van der Waals surface area contributed by atoms with Gasteiger partial charge < -0.3 is 10.6 Å². The molecule has 4 aliphatic rings. The Hall–Kier alpha value is -0.410. The summed E-state index contributed by atoms with van der Waals surface area (Å²) in [6, 6.07) is 3.48. The Morgan fingerprint density at radius 1 is 0.880 bits per heavy atom. The smallest absolute Gasteiger partial charge is 0.0639 e. The molecule has 5 unspecified atom stereocenters. The zero-order valence-electron chi connectivity index (χ0n) is 16.9. The Morgan fingerprint density at radius 2 is 1.40 bits per heavy atom. The molecule has 142 valence electrons. The van der Waals surface area contributed by atoms with Crippen LogP contribution in [0, 0.1) is 17.3 Å². The van der Waals surface area contributed by atoms with Gasteiger partial charge in [-0.25, -0.2) is 0 Å². The molecule has 3 fully saturated rings. The lowest BCUT2D eigenvalue weighted by molar-refractivity contribution is -0.102. The lowest BCUT2D eigenvalue weighted by Crippen LogP contribution is -2.77. The van der Waals surface area contributed by atoms with Gasteiger partial charge in [0.05, 0.1) is 6.04 Å². The molecule has 0 amide bonds. The number of aliphatic imine (C=N–C) groups is 1. The first-order chi connectivity index (χ1) is 12.1. The number of nitrogens with one attached hydrogen (secondary N) is 2. The fourth-order valence-electron chi connectivity index (χ4n) is 6.33. The Labute approximate surface area is 154 Å². The van der Waals surface area contributed by atoms with Gasteiger partial charge in [-0.05, 0) is 56.8 Å². The fraction of sp³-hybridized carbons (Fsp3) is 0.955. The second-order valence-electron chi connectivity index (χ2n) is 9.33. The molecule has 3 nitrogen and oxygen atoms in total. The van der Waals surface area contributed by atoms with Gasteiger partial charge in [-0.2, -0.15) is 0 Å². The Kier molecular flexibility index (Phi) is 5.00. The van der Waals surface area contributed by atoms with Gasteiger partial charge in [0.25, 0.3) is 0 Å². The van der Waals surface area contributed by atoms with Crippen LogP contribution in [0.4, 0.5) is 0 Å². The van der Waals surface area contributed by atoms with Gasteiger partial charge in [0.1, 0.15) is 0 Å². The SMILES string of the molecule is CCC1=NC(C(C2CC(CC)C2)(C2CC(CC)N2)C2CC(CC)N2)C1. The van der Waals surface area contributed by atoms with E-state index in [0.29, 0.717) is 23.5 Å². The molecule has 3 heterocycles. The van der Waals surface area contributed by atoms with Crippen molar-refractivity contribution in [3.8, 4) is 0 Å². The van der Waals surface area contributed by atoms with Crippen molar-refractivity contribution in [2.24, 2.45) is 22.2 Å². The van der Waals surface area contributed by atoms with Crippen LogP contribution in [-0.4, -0.2) is 35.9 Å². The molecule has 5 atom stereocenters. The zero-order chi connectivity index (χ0) is 17.6. The molecule has 0 spiro atoms. The highest BCUT2D eigenvalue weighted by Crippen LogP contribution is 2.59. The maximum atomic E-state index is 5.21. The summed E-state index contributed by atoms with van der Waals surface area (Å²) in [6.45, 7) is 9.31. The second-order valence-corrected chi connectivity index (χ2v) is 9.33. The van der Waals surface area contributed by atoms with Crippen LogP contribution in [0.3, 0.4) is 0 Å². The van der Waals surface area contributed by atoms with Crippen LogP contribution in [0.15, 0.2) is 4.99 Å². The van der Waals surface area contributed by atoms with E-state index in [0.717, 1.165) is 30.3 Å². The van der Waals surface area contributed by atoms with Gasteiger partial charge in [0, 0.05) is 41.7 Å². The predicted octanol–water partition coefficient (Wildman–Crippen LogP) is 4.31. The maximum Gasteiger partial charge on any atom is 0.0639 e. The number of hydrogen-bond acceptors (Lipinski definition) is 3. The number of hydrogen-bond donors (Lipinski definition) is 2. The minimum Gasteiger partial charge on any atom is -0.310 e. The summed E-state index contributed by atoms with van der Waals surface area (Å²) in [5, 5.41) is 8.01. The van der Waals surface area contributed by atoms with E-state index in [9.17, 15) is 0 Å². The molecule has 1 saturated carbocycles. The van der Waals surface area contributed by atoms with E-state index in [1.54, 1.807) is 0 Å². The number of nitrogens with zero attached hydrogens (tertiary/aromatic N) is 1. The molecule has 0 radical (unpaired) electrons. The summed E-state index contributed by atoms with van der Waals surface area (Å²) >= 11 is 0. The van der Waals surface area contributed by atoms with Crippen LogP contribution in [-0.2, 0) is 0 Å². The molecule has 4 rings (SSSR count). The minimum atomic E-state index is 0.391. The molecule has 0 aromatic carbocycles. The van der Waals surface area contributed by atoms with Crippen molar-refractivity contribution < 1.29 is 0 Å². The minimum absolute atomic E-state index is 0.391. The van der Waals surface area contributed by atoms with Crippen molar-refractivity contribution >= 4 is 5.71 Å². The van der Waals surface area contributed by atoms with E-state index in [1.807, 2.05) is 0 Å². The van der Waals surface area contributed by atoms with Crippen molar-refractivity contribution in [3.63, 3.8) is 0 Å². The Bertz CT molecular complexity index is 445. The normalized spacial score (nSPS) is 45.3. The molecular weight excluding hydrogens is 306 g/mol. The average molecular weight is 346 g/mol. The highest BCUT2D eigenvalue weighted by Gasteiger charge is 2.63. The topological polar surface area (TPSA) is 36.4 Å². The van der Waals surface area contributed by atoms with Gasteiger partial charge in [0.15, 0.2) is 0 Å². The van der Waals surface area contributed by atoms with Crippen LogP contribution in [0.1, 0.15) is 85.5 Å². The quantitative estimate of drug-likeness (QED) is 0.687. The molecule has 0 aromatic rings. The van der Waals surface area contributed by atoms with Crippen molar-refractivity contribution in [1.29, 1.82) is 0 Å². The zero-order valence-corrected chi connectivity index (χ0v) is 16.9. The van der Waals surface area contributed by atoms with Gasteiger partial charge in [-0.3, -0.25) is 4.99 Å². The van der Waals surface area contributed by atoms with Gasteiger partial charge in [-0.1, -0.05) is 34.1 Å². The summed E-state index contributed by atoms with van der Waals surface area (Å²) < 4.78 is 0. The second kappa shape index (κ2) is 6.96. The number of rotatable bonds is 8. The summed E-state index contributed by atoms with van der Waals surface area (Å²) in [7, 11) is 0. The first-order valence-corrected chi connectivity index (χ1v) is 11.2. The standard InChI is InChI=1S/C22H39N3/c1-5-14-9-15(10-14)22(19-11-16(6-2)23-19,20-12-17(7-3)24-20)21-13-18(8-4)25-21/h14-17,19-21,23-24H,5-13H2,1-4H3. The van der Waals surface area contributed by atoms with Crippen LogP contribution < -0.4 is 10.6 Å². The molecule has 3 heteroatoms. The van der Waals surface area contributed by atoms with Gasteiger partial charge in [-0.15, -0.1) is 0 Å². The lowest BCUT2D eigenvalue weighted by Gasteiger charge is -2.66. The fourth-order valence-corrected chi connectivity index (χ4v) is 6.33. The highest BCUT2D eigenvalue weighted by atomic mass is 15.1. The third kappa shape index (κ3) is 2.72.